The second kappa shape index (κ2) is 5.21. The van der Waals surface area contributed by atoms with E-state index < -0.39 is 17.7 Å². The Balaban J connectivity index is 2.17. The van der Waals surface area contributed by atoms with E-state index in [1.54, 1.807) is 6.92 Å². The van der Waals surface area contributed by atoms with Crippen LogP contribution in [0.2, 0.25) is 0 Å². The topological polar surface area (TPSA) is 115 Å². The van der Waals surface area contributed by atoms with Crippen molar-refractivity contribution >= 4 is 17.7 Å². The Morgan fingerprint density at radius 2 is 2.05 bits per heavy atom. The first-order valence-electron chi connectivity index (χ1n) is 5.54. The van der Waals surface area contributed by atoms with Crippen LogP contribution in [0.1, 0.15) is 21.9 Å². The van der Waals surface area contributed by atoms with Crippen molar-refractivity contribution in [2.75, 3.05) is 13.2 Å². The lowest BCUT2D eigenvalue weighted by atomic mass is 10.2. The maximum Gasteiger partial charge on any atom is 0.268 e. The highest BCUT2D eigenvalue weighted by atomic mass is 16.5. The number of aryl methyl sites for hydroxylation is 1. The summed E-state index contributed by atoms with van der Waals surface area (Å²) in [7, 11) is 0. The van der Waals surface area contributed by atoms with Gasteiger partial charge in [0.15, 0.2) is 0 Å². The molecule has 0 aliphatic carbocycles. The molecule has 8 nitrogen and oxygen atoms in total. The van der Waals surface area contributed by atoms with Crippen LogP contribution in [0.4, 0.5) is 0 Å². The SMILES string of the molecule is Cc1oc(CN2C(=O)COCC2=O)cc1C(=O)NN. The van der Waals surface area contributed by atoms with Crippen molar-refractivity contribution in [1.29, 1.82) is 0 Å². The number of carbonyl (C=O) groups excluding carboxylic acids is 3. The highest BCUT2D eigenvalue weighted by molar-refractivity contribution is 5.98. The number of hydrazine groups is 1. The van der Waals surface area contributed by atoms with Gasteiger partial charge in [-0.05, 0) is 13.0 Å². The van der Waals surface area contributed by atoms with Crippen LogP contribution in [0, 0.1) is 6.92 Å². The highest BCUT2D eigenvalue weighted by Gasteiger charge is 2.28. The fourth-order valence-corrected chi connectivity index (χ4v) is 1.78. The van der Waals surface area contributed by atoms with E-state index in [-0.39, 0.29) is 25.3 Å². The number of ether oxygens (including phenoxy) is 1. The molecule has 2 rings (SSSR count). The molecule has 0 radical (unpaired) electrons. The first-order chi connectivity index (χ1) is 9.02. The molecular weight excluding hydrogens is 254 g/mol. The van der Waals surface area contributed by atoms with E-state index in [2.05, 4.69) is 0 Å². The lowest BCUT2D eigenvalue weighted by Gasteiger charge is -2.23. The number of nitrogens with two attached hydrogens (primary N) is 1. The molecule has 1 fully saturated rings. The van der Waals surface area contributed by atoms with E-state index in [0.29, 0.717) is 11.5 Å². The molecule has 0 bridgehead atoms. The summed E-state index contributed by atoms with van der Waals surface area (Å²) in [5, 5.41) is 0. The average Bonchev–Trinajstić information content (AvgIpc) is 2.74. The Hall–Kier alpha value is -2.19. The van der Waals surface area contributed by atoms with Crippen LogP contribution in [-0.4, -0.2) is 35.8 Å². The summed E-state index contributed by atoms with van der Waals surface area (Å²) in [6.45, 7) is 1.29. The Morgan fingerprint density at radius 3 is 2.63 bits per heavy atom. The van der Waals surface area contributed by atoms with E-state index in [1.165, 1.54) is 6.07 Å². The third-order valence-corrected chi connectivity index (χ3v) is 2.71. The van der Waals surface area contributed by atoms with Gasteiger partial charge in [0.2, 0.25) is 0 Å². The summed E-state index contributed by atoms with van der Waals surface area (Å²) >= 11 is 0. The van der Waals surface area contributed by atoms with Crippen LogP contribution in [-0.2, 0) is 20.9 Å². The van der Waals surface area contributed by atoms with E-state index in [9.17, 15) is 14.4 Å². The maximum absolute atomic E-state index is 11.5. The van der Waals surface area contributed by atoms with Crippen molar-refractivity contribution in [3.05, 3.63) is 23.2 Å². The molecule has 2 heterocycles. The summed E-state index contributed by atoms with van der Waals surface area (Å²) in [6, 6.07) is 1.45. The average molecular weight is 267 g/mol. The minimum Gasteiger partial charge on any atom is -0.464 e. The molecule has 1 aromatic heterocycles. The van der Waals surface area contributed by atoms with Gasteiger partial charge in [-0.1, -0.05) is 0 Å². The number of hydrogen-bond acceptors (Lipinski definition) is 6. The Morgan fingerprint density at radius 1 is 1.42 bits per heavy atom. The van der Waals surface area contributed by atoms with Gasteiger partial charge in [-0.25, -0.2) is 5.84 Å². The van der Waals surface area contributed by atoms with E-state index >= 15 is 0 Å². The van der Waals surface area contributed by atoms with Crippen molar-refractivity contribution in [3.8, 4) is 0 Å². The second-order valence-corrected chi connectivity index (χ2v) is 4.02. The number of amides is 3. The summed E-state index contributed by atoms with van der Waals surface area (Å²) in [5.41, 5.74) is 2.26. The largest absolute Gasteiger partial charge is 0.464 e. The van der Waals surface area contributed by atoms with Crippen molar-refractivity contribution in [2.24, 2.45) is 5.84 Å². The van der Waals surface area contributed by atoms with Gasteiger partial charge in [0.1, 0.15) is 24.7 Å². The third-order valence-electron chi connectivity index (χ3n) is 2.71. The summed E-state index contributed by atoms with van der Waals surface area (Å²) in [6.07, 6.45) is 0. The Labute approximate surface area is 108 Å². The van der Waals surface area contributed by atoms with Crippen LogP contribution in [0.5, 0.6) is 0 Å². The van der Waals surface area contributed by atoms with E-state index in [4.69, 9.17) is 15.0 Å². The van der Waals surface area contributed by atoms with Gasteiger partial charge >= 0.3 is 0 Å². The molecule has 0 unspecified atom stereocenters. The zero-order valence-electron chi connectivity index (χ0n) is 10.3. The Bertz CT molecular complexity index is 520. The summed E-state index contributed by atoms with van der Waals surface area (Å²) in [4.78, 5) is 35.5. The number of imide groups is 1. The summed E-state index contributed by atoms with van der Waals surface area (Å²) in [5.74, 6) is 4.37. The number of morpholine rings is 1. The van der Waals surface area contributed by atoms with Gasteiger partial charge in [0.25, 0.3) is 17.7 Å². The highest BCUT2D eigenvalue weighted by Crippen LogP contribution is 2.17. The molecule has 1 saturated heterocycles. The van der Waals surface area contributed by atoms with Crippen molar-refractivity contribution < 1.29 is 23.5 Å². The number of rotatable bonds is 3. The third kappa shape index (κ3) is 2.64. The first kappa shape index (κ1) is 13.2. The zero-order valence-corrected chi connectivity index (χ0v) is 10.3. The molecule has 1 aliphatic heterocycles. The van der Waals surface area contributed by atoms with E-state index in [1.807, 2.05) is 5.43 Å². The van der Waals surface area contributed by atoms with Crippen LogP contribution in [0.3, 0.4) is 0 Å². The molecule has 0 atom stereocenters. The van der Waals surface area contributed by atoms with Gasteiger partial charge in [0.05, 0.1) is 12.1 Å². The molecule has 3 N–H and O–H groups in total. The van der Waals surface area contributed by atoms with Gasteiger partial charge < -0.3 is 9.15 Å². The lowest BCUT2D eigenvalue weighted by Crippen LogP contribution is -2.45. The number of hydrogen-bond donors (Lipinski definition) is 2. The standard InChI is InChI=1S/C11H13N3O5/c1-6-8(11(17)13-12)2-7(19-6)3-14-9(15)4-18-5-10(14)16/h2H,3-5,12H2,1H3,(H,13,17). The smallest absolute Gasteiger partial charge is 0.268 e. The van der Waals surface area contributed by atoms with Gasteiger partial charge in [-0.2, -0.15) is 0 Å². The molecule has 0 saturated carbocycles. The predicted molar refractivity (Wildman–Crippen MR) is 61.5 cm³/mol. The van der Waals surface area contributed by atoms with Gasteiger partial charge in [0, 0.05) is 0 Å². The second-order valence-electron chi connectivity index (χ2n) is 4.02. The summed E-state index contributed by atoms with van der Waals surface area (Å²) < 4.78 is 10.1. The first-order valence-corrected chi connectivity index (χ1v) is 5.54. The number of nitrogens with one attached hydrogen (secondary N) is 1. The molecular formula is C11H13N3O5. The Kier molecular flexibility index (Phi) is 3.63. The van der Waals surface area contributed by atoms with Gasteiger partial charge in [-0.3, -0.25) is 24.7 Å². The molecule has 8 heteroatoms. The fourth-order valence-electron chi connectivity index (χ4n) is 1.78. The normalized spacial score (nSPS) is 15.8. The van der Waals surface area contributed by atoms with Crippen LogP contribution in [0.25, 0.3) is 0 Å². The van der Waals surface area contributed by atoms with Crippen molar-refractivity contribution in [3.63, 3.8) is 0 Å². The molecule has 1 aromatic rings. The van der Waals surface area contributed by atoms with Gasteiger partial charge in [-0.15, -0.1) is 0 Å². The fraction of sp³-hybridized carbons (Fsp3) is 0.364. The number of furan rings is 1. The van der Waals surface area contributed by atoms with E-state index in [0.717, 1.165) is 4.90 Å². The molecule has 1 aliphatic rings. The number of nitrogen functional groups attached to an aromatic ring is 1. The molecule has 0 aromatic carbocycles. The zero-order chi connectivity index (χ0) is 14.0. The predicted octanol–water partition coefficient (Wildman–Crippen LogP) is -0.923. The van der Waals surface area contributed by atoms with Crippen LogP contribution in [0.15, 0.2) is 10.5 Å². The maximum atomic E-state index is 11.5. The quantitative estimate of drug-likeness (QED) is 0.316. The van der Waals surface area contributed by atoms with Crippen LogP contribution >= 0.6 is 0 Å². The number of nitrogens with zero attached hydrogens (tertiary/aromatic N) is 1. The minimum absolute atomic E-state index is 0.0281. The molecule has 102 valence electrons. The monoisotopic (exact) mass is 267 g/mol. The van der Waals surface area contributed by atoms with Crippen LogP contribution < -0.4 is 11.3 Å². The molecule has 3 amide bonds. The lowest BCUT2D eigenvalue weighted by molar-refractivity contribution is -0.159. The molecule has 0 spiro atoms. The minimum atomic E-state index is -0.493. The van der Waals surface area contributed by atoms with Crippen molar-refractivity contribution in [2.45, 2.75) is 13.5 Å². The van der Waals surface area contributed by atoms with Crippen molar-refractivity contribution in [1.82, 2.24) is 10.3 Å². The number of carbonyl (C=O) groups is 3. The molecule has 19 heavy (non-hydrogen) atoms.